The third-order valence-electron chi connectivity index (χ3n) is 7.18. The van der Waals surface area contributed by atoms with Gasteiger partial charge in [0.2, 0.25) is 17.5 Å². The molecule has 10 atom stereocenters. The Kier molecular flexibility index (Phi) is 8.30. The van der Waals surface area contributed by atoms with Crippen LogP contribution in [-0.4, -0.2) is 114 Å². The van der Waals surface area contributed by atoms with E-state index in [1.807, 2.05) is 0 Å². The van der Waals surface area contributed by atoms with Crippen LogP contribution >= 0.6 is 0 Å². The molecule has 15 heteroatoms. The molecule has 2 aliphatic rings. The molecule has 1 aromatic heterocycles. The van der Waals surface area contributed by atoms with E-state index in [0.29, 0.717) is 0 Å². The minimum Gasteiger partial charge on any atom is -0.508 e. The summed E-state index contributed by atoms with van der Waals surface area (Å²) in [5, 5.41) is 91.4. The summed E-state index contributed by atoms with van der Waals surface area (Å²) in [4.78, 5) is 13.5. The molecule has 0 aliphatic carbocycles. The number of hydrogen-bond donors (Lipinski definition) is 9. The van der Waals surface area contributed by atoms with Gasteiger partial charge >= 0.3 is 0 Å². The summed E-state index contributed by atoms with van der Waals surface area (Å²) in [6.45, 7) is 0.866. The van der Waals surface area contributed by atoms with E-state index in [4.69, 9.17) is 23.4 Å². The summed E-state index contributed by atoms with van der Waals surface area (Å²) < 4.78 is 28.0. The molecule has 2 saturated heterocycles. The molecule has 0 spiro atoms. The predicted molar refractivity (Wildman–Crippen MR) is 139 cm³/mol. The van der Waals surface area contributed by atoms with Crippen molar-refractivity contribution >= 4 is 11.0 Å². The van der Waals surface area contributed by atoms with Crippen molar-refractivity contribution in [2.24, 2.45) is 0 Å². The normalized spacial score (nSPS) is 33.5. The smallest absolute Gasteiger partial charge is 0.239 e. The average Bonchev–Trinajstić information content (AvgIpc) is 2.95. The summed E-state index contributed by atoms with van der Waals surface area (Å²) in [6, 6.07) is 7.33. The zero-order chi connectivity index (χ0) is 30.5. The fourth-order valence-corrected chi connectivity index (χ4v) is 4.79. The van der Waals surface area contributed by atoms with Crippen molar-refractivity contribution in [2.45, 2.75) is 68.3 Å². The molecular formula is C27H30O15. The van der Waals surface area contributed by atoms with Crippen LogP contribution in [0, 0.1) is 0 Å². The molecule has 0 bridgehead atoms. The zero-order valence-corrected chi connectivity index (χ0v) is 21.9. The molecule has 3 aromatic rings. The van der Waals surface area contributed by atoms with E-state index in [1.54, 1.807) is 0 Å². The Balaban J connectivity index is 1.46. The highest BCUT2D eigenvalue weighted by Crippen LogP contribution is 2.37. The van der Waals surface area contributed by atoms with Crippen molar-refractivity contribution in [1.29, 1.82) is 0 Å². The fraction of sp³-hybridized carbons (Fsp3) is 0.444. The van der Waals surface area contributed by atoms with Crippen molar-refractivity contribution in [3.05, 3.63) is 46.6 Å². The summed E-state index contributed by atoms with van der Waals surface area (Å²) >= 11 is 0. The highest BCUT2D eigenvalue weighted by Gasteiger charge is 2.47. The molecule has 0 unspecified atom stereocenters. The van der Waals surface area contributed by atoms with Gasteiger partial charge in [-0.15, -0.1) is 0 Å². The Morgan fingerprint density at radius 1 is 0.762 bits per heavy atom. The van der Waals surface area contributed by atoms with Crippen molar-refractivity contribution in [3.8, 4) is 34.3 Å². The number of rotatable bonds is 6. The van der Waals surface area contributed by atoms with Gasteiger partial charge in [0.15, 0.2) is 12.1 Å². The highest BCUT2D eigenvalue weighted by atomic mass is 16.7. The molecule has 5 rings (SSSR count). The zero-order valence-electron chi connectivity index (χ0n) is 21.9. The molecule has 2 fully saturated rings. The first kappa shape index (κ1) is 30.0. The van der Waals surface area contributed by atoms with Crippen LogP contribution in [0.4, 0.5) is 0 Å². The van der Waals surface area contributed by atoms with Gasteiger partial charge in [-0.3, -0.25) is 4.79 Å². The molecule has 228 valence electrons. The third-order valence-corrected chi connectivity index (χ3v) is 7.18. The third kappa shape index (κ3) is 5.49. The lowest BCUT2D eigenvalue weighted by atomic mass is 9.98. The molecule has 2 aromatic carbocycles. The van der Waals surface area contributed by atoms with Gasteiger partial charge < -0.3 is 69.3 Å². The fourth-order valence-electron chi connectivity index (χ4n) is 4.79. The first-order valence-electron chi connectivity index (χ1n) is 12.9. The molecule has 0 amide bonds. The number of hydrogen-bond acceptors (Lipinski definition) is 15. The van der Waals surface area contributed by atoms with E-state index in [9.17, 15) is 50.8 Å². The molecule has 3 heterocycles. The maximum absolute atomic E-state index is 13.5. The highest BCUT2D eigenvalue weighted by molar-refractivity contribution is 5.88. The van der Waals surface area contributed by atoms with Gasteiger partial charge in [-0.2, -0.15) is 0 Å². The van der Waals surface area contributed by atoms with Crippen molar-refractivity contribution in [1.82, 2.24) is 0 Å². The minimum atomic E-state index is -1.92. The Morgan fingerprint density at radius 2 is 1.40 bits per heavy atom. The largest absolute Gasteiger partial charge is 0.508 e. The van der Waals surface area contributed by atoms with Crippen LogP contribution < -0.4 is 10.2 Å². The van der Waals surface area contributed by atoms with Crippen LogP contribution in [0.5, 0.6) is 23.0 Å². The van der Waals surface area contributed by atoms with E-state index in [-0.39, 0.29) is 28.0 Å². The molecule has 0 radical (unpaired) electrons. The van der Waals surface area contributed by atoms with E-state index in [0.717, 1.165) is 12.1 Å². The Hall–Kier alpha value is -3.51. The second-order valence-corrected chi connectivity index (χ2v) is 10.1. The van der Waals surface area contributed by atoms with Crippen LogP contribution in [-0.2, 0) is 14.2 Å². The Morgan fingerprint density at radius 3 is 2.10 bits per heavy atom. The van der Waals surface area contributed by atoms with Gasteiger partial charge in [0.25, 0.3) is 0 Å². The lowest BCUT2D eigenvalue weighted by Gasteiger charge is -2.42. The average molecular weight is 595 g/mol. The van der Waals surface area contributed by atoms with Crippen LogP contribution in [0.2, 0.25) is 0 Å². The standard InChI is InChI=1S/C27H30O15/c1-9-17(31)20(34)22(36)26(39-9)38-8-15-18(32)21(35)23(37)27(41-15)42-25-19(33)16-13(30)6-12(29)7-14(16)40-24(25)10-2-4-11(28)5-3-10/h2-7,9,15,17-18,20-23,26-32,34-37H,8H2,1H3/t9-,15-,17-,18+,20+,21+,22+,23-,26-,27+/m1/s1. The molecule has 2 aliphatic heterocycles. The van der Waals surface area contributed by atoms with Gasteiger partial charge in [-0.25, -0.2) is 0 Å². The summed E-state index contributed by atoms with van der Waals surface area (Å²) in [6.07, 6.45) is -15.8. The first-order chi connectivity index (χ1) is 19.9. The van der Waals surface area contributed by atoms with Crippen LogP contribution in [0.15, 0.2) is 45.6 Å². The minimum absolute atomic E-state index is 0.103. The van der Waals surface area contributed by atoms with Crippen molar-refractivity contribution in [3.63, 3.8) is 0 Å². The first-order valence-corrected chi connectivity index (χ1v) is 12.9. The van der Waals surface area contributed by atoms with E-state index < -0.39 is 90.7 Å². The summed E-state index contributed by atoms with van der Waals surface area (Å²) in [5.41, 5.74) is -0.956. The molecule has 42 heavy (non-hydrogen) atoms. The molecule has 0 saturated carbocycles. The molecule has 9 N–H and O–H groups in total. The number of benzene rings is 2. The Bertz CT molecular complexity index is 1470. The van der Waals surface area contributed by atoms with Crippen molar-refractivity contribution in [2.75, 3.05) is 6.61 Å². The van der Waals surface area contributed by atoms with E-state index in [1.165, 1.54) is 31.2 Å². The molecular weight excluding hydrogens is 564 g/mol. The number of ether oxygens (including phenoxy) is 4. The van der Waals surface area contributed by atoms with Crippen molar-refractivity contribution < 1.29 is 69.3 Å². The summed E-state index contributed by atoms with van der Waals surface area (Å²) in [7, 11) is 0. The van der Waals surface area contributed by atoms with E-state index in [2.05, 4.69) is 0 Å². The van der Waals surface area contributed by atoms with Gasteiger partial charge in [0.1, 0.15) is 70.9 Å². The maximum atomic E-state index is 13.5. The van der Waals surface area contributed by atoms with Crippen LogP contribution in [0.25, 0.3) is 22.3 Å². The Labute approximate surface area is 236 Å². The quantitative estimate of drug-likeness (QED) is 0.159. The summed E-state index contributed by atoms with van der Waals surface area (Å²) in [5.74, 6) is -1.97. The number of fused-ring (bicyclic) bond motifs is 1. The maximum Gasteiger partial charge on any atom is 0.239 e. The topological polar surface area (TPSA) is 249 Å². The second kappa shape index (κ2) is 11.6. The molecule has 15 nitrogen and oxygen atoms in total. The van der Waals surface area contributed by atoms with Gasteiger partial charge in [-0.05, 0) is 31.2 Å². The predicted octanol–water partition coefficient (Wildman–Crippen LogP) is -1.39. The number of phenols is 3. The van der Waals surface area contributed by atoms with Crippen LogP contribution in [0.3, 0.4) is 0 Å². The lowest BCUT2D eigenvalue weighted by molar-refractivity contribution is -0.318. The number of phenolic OH excluding ortho intramolecular Hbond substituents is 3. The second-order valence-electron chi connectivity index (χ2n) is 10.1. The van der Waals surface area contributed by atoms with Gasteiger partial charge in [-0.1, -0.05) is 0 Å². The SMILES string of the molecule is C[C@H]1O[C@@H](OC[C@H]2O[C@@H](Oc3c(-c4ccc(O)cc4)oc4cc(O)cc(O)c4c3=O)[C@H](O)[C@@H](O)[C@H]2O)[C@@H](O)[C@@H](O)[C@@H]1O. The number of aromatic hydroxyl groups is 3. The monoisotopic (exact) mass is 594 g/mol. The number of aliphatic hydroxyl groups excluding tert-OH is 6. The van der Waals surface area contributed by atoms with Gasteiger partial charge in [0.05, 0.1) is 12.7 Å². The van der Waals surface area contributed by atoms with E-state index >= 15 is 0 Å². The lowest BCUT2D eigenvalue weighted by Crippen LogP contribution is -2.61. The van der Waals surface area contributed by atoms with Crippen LogP contribution in [0.1, 0.15) is 6.92 Å². The van der Waals surface area contributed by atoms with Gasteiger partial charge in [0, 0.05) is 17.7 Å². The number of aliphatic hydroxyl groups is 6.